The van der Waals surface area contributed by atoms with Gasteiger partial charge in [0, 0.05) is 17.2 Å². The molecule has 1 amide bonds. The number of aromatic amines is 1. The molecule has 0 radical (unpaired) electrons. The summed E-state index contributed by atoms with van der Waals surface area (Å²) in [6.07, 6.45) is -0.586. The lowest BCUT2D eigenvalue weighted by Crippen LogP contribution is -2.99. The first kappa shape index (κ1) is 22.7. The Bertz CT molecular complexity index is 1460. The zero-order chi connectivity index (χ0) is 24.2. The predicted molar refractivity (Wildman–Crippen MR) is 122 cm³/mol. The summed E-state index contributed by atoms with van der Waals surface area (Å²) in [5, 5.41) is 21.5. The Kier molecular flexibility index (Phi) is 6.37. The van der Waals surface area contributed by atoms with Gasteiger partial charge in [-0.05, 0) is 24.3 Å². The van der Waals surface area contributed by atoms with Crippen LogP contribution in [0.2, 0.25) is 0 Å². The number of amides is 1. The zero-order valence-electron chi connectivity index (χ0n) is 17.6. The summed E-state index contributed by atoms with van der Waals surface area (Å²) in [4.78, 5) is 56.6. The summed E-state index contributed by atoms with van der Waals surface area (Å²) in [5.41, 5.74) is 0.429. The maximum absolute atomic E-state index is 12.6. The van der Waals surface area contributed by atoms with E-state index in [0.717, 1.165) is 0 Å². The number of H-pyrrole nitrogens is 1. The van der Waals surface area contributed by atoms with E-state index < -0.39 is 28.9 Å². The molecular weight excluding hydrogens is 440 g/mol. The summed E-state index contributed by atoms with van der Waals surface area (Å²) >= 11 is 0. The van der Waals surface area contributed by atoms with Crippen LogP contribution in [0.25, 0.3) is 11.0 Å². The first-order valence-electron chi connectivity index (χ1n) is 10.1. The summed E-state index contributed by atoms with van der Waals surface area (Å²) in [7, 11) is 0. The van der Waals surface area contributed by atoms with Crippen LogP contribution in [-0.4, -0.2) is 32.6 Å². The molecular formula is C24H18N4O6. The molecule has 34 heavy (non-hydrogen) atoms. The van der Waals surface area contributed by atoms with Crippen molar-refractivity contribution < 1.29 is 24.8 Å². The Morgan fingerprint density at radius 2 is 1.68 bits per heavy atom. The van der Waals surface area contributed by atoms with Crippen molar-refractivity contribution in [1.29, 1.82) is 0 Å². The first-order chi connectivity index (χ1) is 16.3. The summed E-state index contributed by atoms with van der Waals surface area (Å²) in [6.45, 7) is 0. The lowest BCUT2D eigenvalue weighted by atomic mass is 10.0. The van der Waals surface area contributed by atoms with Crippen molar-refractivity contribution in [1.82, 2.24) is 9.97 Å². The summed E-state index contributed by atoms with van der Waals surface area (Å²) in [5.74, 6) is -2.26. The van der Waals surface area contributed by atoms with Crippen LogP contribution in [0, 0.1) is 5.21 Å². The topological polar surface area (TPSA) is 157 Å². The molecule has 0 fully saturated rings. The maximum atomic E-state index is 12.6. The third-order valence-electron chi connectivity index (χ3n) is 5.05. The largest absolute Gasteiger partial charge is 0.595 e. The molecule has 1 unspecified atom stereocenters. The number of carbonyl (C=O) groups excluding carboxylic acids is 3. The molecule has 0 saturated heterocycles. The van der Waals surface area contributed by atoms with Crippen LogP contribution >= 0.6 is 0 Å². The van der Waals surface area contributed by atoms with Gasteiger partial charge in [0.25, 0.3) is 11.5 Å². The number of hydrogen-bond donors (Lipinski definition) is 4. The molecule has 3 aromatic carbocycles. The number of nitrogens with one attached hydrogen (secondary N) is 3. The van der Waals surface area contributed by atoms with Crippen LogP contribution in [0.15, 0.2) is 77.6 Å². The molecule has 0 aliphatic carbocycles. The second-order valence-corrected chi connectivity index (χ2v) is 7.34. The lowest BCUT2D eigenvalue weighted by Gasteiger charge is -2.15. The van der Waals surface area contributed by atoms with E-state index in [9.17, 15) is 29.6 Å². The summed E-state index contributed by atoms with van der Waals surface area (Å²) < 4.78 is 0. The molecule has 10 heteroatoms. The SMILES string of the molecule is O=C(Cc1nc2ccc(C(=O)c3ccccc3)cc2[nH]c1=O)C(=O)Nc1ccccc1[NH+]([O-])O. The van der Waals surface area contributed by atoms with Gasteiger partial charge in [0.1, 0.15) is 11.4 Å². The van der Waals surface area contributed by atoms with Gasteiger partial charge in [0.2, 0.25) is 5.78 Å². The molecule has 0 spiro atoms. The highest BCUT2D eigenvalue weighted by Crippen LogP contribution is 2.17. The molecule has 0 saturated carbocycles. The number of anilines is 1. The summed E-state index contributed by atoms with van der Waals surface area (Å²) in [6, 6.07) is 18.9. The molecule has 0 aliphatic rings. The van der Waals surface area contributed by atoms with Crippen molar-refractivity contribution in [3.8, 4) is 0 Å². The van der Waals surface area contributed by atoms with E-state index >= 15 is 0 Å². The molecule has 4 aromatic rings. The Balaban J connectivity index is 1.54. The van der Waals surface area contributed by atoms with Crippen LogP contribution in [0.1, 0.15) is 21.6 Å². The van der Waals surface area contributed by atoms with Gasteiger partial charge in [-0.3, -0.25) is 19.2 Å². The average Bonchev–Trinajstić information content (AvgIpc) is 2.84. The molecule has 4 rings (SSSR count). The quantitative estimate of drug-likeness (QED) is 0.185. The van der Waals surface area contributed by atoms with Crippen molar-refractivity contribution in [2.75, 3.05) is 5.32 Å². The normalized spacial score (nSPS) is 11.7. The number of ketones is 2. The highest BCUT2D eigenvalue weighted by molar-refractivity contribution is 6.41. The van der Waals surface area contributed by atoms with Gasteiger partial charge in [0.05, 0.1) is 17.5 Å². The van der Waals surface area contributed by atoms with Crippen LogP contribution in [0.4, 0.5) is 11.4 Å². The van der Waals surface area contributed by atoms with E-state index in [1.165, 1.54) is 30.3 Å². The van der Waals surface area contributed by atoms with Crippen molar-refractivity contribution in [2.45, 2.75) is 6.42 Å². The fourth-order valence-electron chi connectivity index (χ4n) is 3.34. The van der Waals surface area contributed by atoms with Gasteiger partial charge in [-0.2, -0.15) is 5.23 Å². The first-order valence-corrected chi connectivity index (χ1v) is 10.1. The minimum atomic E-state index is -1.26. The third kappa shape index (κ3) is 4.79. The van der Waals surface area contributed by atoms with Gasteiger partial charge in [0.15, 0.2) is 11.5 Å². The molecule has 170 valence electrons. The van der Waals surface area contributed by atoms with Crippen LogP contribution in [0.5, 0.6) is 0 Å². The number of aromatic nitrogens is 2. The van der Waals surface area contributed by atoms with Crippen molar-refractivity contribution in [3.63, 3.8) is 0 Å². The second-order valence-electron chi connectivity index (χ2n) is 7.34. The fourth-order valence-corrected chi connectivity index (χ4v) is 3.34. The molecule has 1 aromatic heterocycles. The number of rotatable bonds is 7. The van der Waals surface area contributed by atoms with E-state index in [-0.39, 0.29) is 22.9 Å². The Hall–Kier alpha value is -4.51. The number of benzene rings is 3. The van der Waals surface area contributed by atoms with E-state index in [1.807, 2.05) is 0 Å². The maximum Gasteiger partial charge on any atom is 0.292 e. The van der Waals surface area contributed by atoms with Gasteiger partial charge >= 0.3 is 0 Å². The van der Waals surface area contributed by atoms with Crippen LogP contribution in [-0.2, 0) is 16.0 Å². The highest BCUT2D eigenvalue weighted by Gasteiger charge is 2.20. The second kappa shape index (κ2) is 9.55. The van der Waals surface area contributed by atoms with Crippen LogP contribution < -0.4 is 16.1 Å². The number of carbonyl (C=O) groups is 3. The predicted octanol–water partition coefficient (Wildman–Crippen LogP) is 1.31. The number of quaternary nitrogens is 1. The van der Waals surface area contributed by atoms with Gasteiger partial charge < -0.3 is 15.5 Å². The zero-order valence-corrected chi connectivity index (χ0v) is 17.6. The average molecular weight is 458 g/mol. The lowest BCUT2D eigenvalue weighted by molar-refractivity contribution is -0.990. The van der Waals surface area contributed by atoms with E-state index in [1.54, 1.807) is 42.5 Å². The third-order valence-corrected chi connectivity index (χ3v) is 5.05. The molecule has 0 aliphatic heterocycles. The van der Waals surface area contributed by atoms with E-state index in [4.69, 9.17) is 0 Å². The highest BCUT2D eigenvalue weighted by atomic mass is 16.8. The van der Waals surface area contributed by atoms with Crippen LogP contribution in [0.3, 0.4) is 0 Å². The Morgan fingerprint density at radius 3 is 2.41 bits per heavy atom. The van der Waals surface area contributed by atoms with E-state index in [2.05, 4.69) is 15.3 Å². The Morgan fingerprint density at radius 1 is 0.971 bits per heavy atom. The fraction of sp³-hybridized carbons (Fsp3) is 0.0417. The van der Waals surface area contributed by atoms with Crippen molar-refractivity contribution in [2.24, 2.45) is 0 Å². The Labute approximate surface area is 192 Å². The number of Topliss-reactive ketones (excluding diaryl/α,β-unsaturated/α-hetero) is 1. The minimum Gasteiger partial charge on any atom is -0.595 e. The van der Waals surface area contributed by atoms with Crippen molar-refractivity contribution in [3.05, 3.63) is 105 Å². The van der Waals surface area contributed by atoms with Gasteiger partial charge in [-0.15, -0.1) is 0 Å². The van der Waals surface area contributed by atoms with Gasteiger partial charge in [-0.1, -0.05) is 42.5 Å². The smallest absolute Gasteiger partial charge is 0.292 e. The minimum absolute atomic E-state index is 0.0376. The number of para-hydroxylation sites is 2. The van der Waals surface area contributed by atoms with Gasteiger partial charge in [-0.25, -0.2) is 10.2 Å². The van der Waals surface area contributed by atoms with Crippen molar-refractivity contribution >= 4 is 39.9 Å². The van der Waals surface area contributed by atoms with E-state index in [0.29, 0.717) is 22.2 Å². The monoisotopic (exact) mass is 458 g/mol. The number of hydrogen-bond acceptors (Lipinski definition) is 7. The number of nitrogens with zero attached hydrogens (tertiary/aromatic N) is 1. The molecule has 1 atom stereocenters. The molecule has 0 bridgehead atoms. The molecule has 4 N–H and O–H groups in total. The molecule has 1 heterocycles. The standard InChI is InChI=1S/C24H18N4O6/c29-21(24(32)26-17-8-4-5-9-20(17)28(33)34)13-19-23(31)27-18-12-15(10-11-16(18)25-19)22(30)14-6-2-1-3-7-14/h1-12,28,33H,13H2,(H,26,32)(H,27,31). The number of fused-ring (bicyclic) bond motifs is 1. The molecule has 10 nitrogen and oxygen atoms in total.